The fourth-order valence-corrected chi connectivity index (χ4v) is 1.17. The summed E-state index contributed by atoms with van der Waals surface area (Å²) in [6, 6.07) is 0. The van der Waals surface area contributed by atoms with Gasteiger partial charge in [-0.15, -0.1) is 0 Å². The summed E-state index contributed by atoms with van der Waals surface area (Å²) in [6.07, 6.45) is -0.371. The fraction of sp³-hybridized carbons (Fsp3) is 0.833. The molecule has 58 valence electrons. The Morgan fingerprint density at radius 2 is 2.30 bits per heavy atom. The molecule has 1 rings (SSSR count). The molecular weight excluding hydrogens is 134 g/mol. The van der Waals surface area contributed by atoms with Gasteiger partial charge in [-0.3, -0.25) is 4.79 Å². The van der Waals surface area contributed by atoms with E-state index in [1.54, 1.807) is 6.92 Å². The summed E-state index contributed by atoms with van der Waals surface area (Å²) in [5, 5.41) is 17.5. The van der Waals surface area contributed by atoms with Crippen molar-refractivity contribution < 1.29 is 15.0 Å². The Hall–Kier alpha value is -0.610. The smallest absolute Gasteiger partial charge is 0.324 e. The zero-order valence-electron chi connectivity index (χ0n) is 5.74. The third-order valence-electron chi connectivity index (χ3n) is 2.33. The van der Waals surface area contributed by atoms with Gasteiger partial charge in [-0.2, -0.15) is 0 Å². The van der Waals surface area contributed by atoms with Gasteiger partial charge in [-0.1, -0.05) is 6.92 Å². The van der Waals surface area contributed by atoms with Gasteiger partial charge in [-0.25, -0.2) is 0 Å². The molecule has 0 heterocycles. The highest BCUT2D eigenvalue weighted by Gasteiger charge is 2.53. The van der Waals surface area contributed by atoms with E-state index >= 15 is 0 Å². The average Bonchev–Trinajstić information content (AvgIpc) is 1.87. The second-order valence-corrected chi connectivity index (χ2v) is 2.91. The molecule has 4 heteroatoms. The molecule has 1 aliphatic rings. The van der Waals surface area contributed by atoms with E-state index in [0.29, 0.717) is 0 Å². The topological polar surface area (TPSA) is 83.5 Å². The summed E-state index contributed by atoms with van der Waals surface area (Å²) in [5.74, 6) is -1.35. The minimum atomic E-state index is -1.18. The second kappa shape index (κ2) is 1.93. The number of aliphatic carboxylic acids is 1. The highest BCUT2D eigenvalue weighted by Crippen LogP contribution is 2.36. The first-order valence-electron chi connectivity index (χ1n) is 3.19. The number of carboxylic acids is 1. The average molecular weight is 145 g/mol. The predicted octanol–water partition coefficient (Wildman–Crippen LogP) is -0.831. The maximum Gasteiger partial charge on any atom is 0.324 e. The number of carboxylic acid groups (broad SMARTS) is 1. The van der Waals surface area contributed by atoms with Crippen molar-refractivity contribution in [2.24, 2.45) is 11.7 Å². The molecular formula is C6H11NO3. The van der Waals surface area contributed by atoms with E-state index in [1.807, 2.05) is 0 Å². The monoisotopic (exact) mass is 145 g/mol. The van der Waals surface area contributed by atoms with Crippen LogP contribution in [0.25, 0.3) is 0 Å². The molecule has 1 fully saturated rings. The molecule has 4 N–H and O–H groups in total. The van der Waals surface area contributed by atoms with Crippen LogP contribution in [-0.2, 0) is 4.79 Å². The summed E-state index contributed by atoms with van der Waals surface area (Å²) < 4.78 is 0. The lowest BCUT2D eigenvalue weighted by atomic mass is 9.66. The first-order valence-corrected chi connectivity index (χ1v) is 3.19. The van der Waals surface area contributed by atoms with Gasteiger partial charge in [0, 0.05) is 12.3 Å². The van der Waals surface area contributed by atoms with E-state index in [0.717, 1.165) is 0 Å². The Labute approximate surface area is 58.6 Å². The third-order valence-corrected chi connectivity index (χ3v) is 2.33. The zero-order chi connectivity index (χ0) is 7.94. The van der Waals surface area contributed by atoms with Crippen molar-refractivity contribution in [2.45, 2.75) is 25.0 Å². The number of aliphatic hydroxyl groups is 1. The highest BCUT2D eigenvalue weighted by atomic mass is 16.4. The summed E-state index contributed by atoms with van der Waals surface area (Å²) in [4.78, 5) is 10.4. The Kier molecular flexibility index (Phi) is 1.45. The van der Waals surface area contributed by atoms with Gasteiger partial charge >= 0.3 is 5.97 Å². The first kappa shape index (κ1) is 7.50. The molecule has 0 amide bonds. The van der Waals surface area contributed by atoms with Crippen molar-refractivity contribution in [1.82, 2.24) is 0 Å². The van der Waals surface area contributed by atoms with Gasteiger partial charge in [0.2, 0.25) is 0 Å². The highest BCUT2D eigenvalue weighted by molar-refractivity contribution is 5.80. The number of aliphatic hydroxyl groups excluding tert-OH is 1. The summed E-state index contributed by atoms with van der Waals surface area (Å²) in [6.45, 7) is 1.64. The number of carbonyl (C=O) groups is 1. The van der Waals surface area contributed by atoms with Crippen LogP contribution in [-0.4, -0.2) is 27.8 Å². The van der Waals surface area contributed by atoms with Gasteiger partial charge in [0.25, 0.3) is 0 Å². The molecule has 0 spiro atoms. The van der Waals surface area contributed by atoms with E-state index in [9.17, 15) is 4.79 Å². The van der Waals surface area contributed by atoms with Crippen LogP contribution in [0.3, 0.4) is 0 Å². The Balaban J connectivity index is 2.67. The largest absolute Gasteiger partial charge is 0.480 e. The van der Waals surface area contributed by atoms with Gasteiger partial charge in [0.05, 0.1) is 6.10 Å². The standard InChI is InChI=1S/C6H11NO3/c1-3-4(8)2-6(3,7)5(9)10/h3-4,8H,2,7H2,1H3,(H,9,10)/t3-,4-,6?/m0/s1. The zero-order valence-corrected chi connectivity index (χ0v) is 5.74. The third kappa shape index (κ3) is 0.726. The quantitative estimate of drug-likeness (QED) is 0.449. The van der Waals surface area contributed by atoms with E-state index in [1.165, 1.54) is 0 Å². The summed E-state index contributed by atoms with van der Waals surface area (Å²) >= 11 is 0. The van der Waals surface area contributed by atoms with Gasteiger partial charge in [-0.05, 0) is 0 Å². The molecule has 0 aromatic heterocycles. The van der Waals surface area contributed by atoms with Crippen LogP contribution in [0, 0.1) is 5.92 Å². The van der Waals surface area contributed by atoms with E-state index in [4.69, 9.17) is 15.9 Å². The summed E-state index contributed by atoms with van der Waals surface area (Å²) in [5.41, 5.74) is 4.24. The molecule has 3 atom stereocenters. The molecule has 0 aromatic carbocycles. The molecule has 1 saturated carbocycles. The van der Waals surface area contributed by atoms with Crippen molar-refractivity contribution in [3.05, 3.63) is 0 Å². The van der Waals surface area contributed by atoms with Crippen molar-refractivity contribution in [3.63, 3.8) is 0 Å². The molecule has 0 bridgehead atoms. The lowest BCUT2D eigenvalue weighted by Gasteiger charge is -2.45. The van der Waals surface area contributed by atoms with Gasteiger partial charge < -0.3 is 15.9 Å². The Morgan fingerprint density at radius 1 is 1.80 bits per heavy atom. The number of nitrogens with two attached hydrogens (primary N) is 1. The normalized spacial score (nSPS) is 46.3. The van der Waals surface area contributed by atoms with Crippen LogP contribution < -0.4 is 5.73 Å². The number of hydrogen-bond acceptors (Lipinski definition) is 3. The van der Waals surface area contributed by atoms with Crippen LogP contribution >= 0.6 is 0 Å². The molecule has 0 aliphatic heterocycles. The van der Waals surface area contributed by atoms with Crippen LogP contribution in [0.1, 0.15) is 13.3 Å². The van der Waals surface area contributed by atoms with Crippen molar-refractivity contribution in [1.29, 1.82) is 0 Å². The molecule has 0 saturated heterocycles. The van der Waals surface area contributed by atoms with Gasteiger partial charge in [0.1, 0.15) is 5.54 Å². The van der Waals surface area contributed by atoms with E-state index in [-0.39, 0.29) is 12.3 Å². The molecule has 4 nitrogen and oxygen atoms in total. The lowest BCUT2D eigenvalue weighted by molar-refractivity contribution is -0.159. The molecule has 10 heavy (non-hydrogen) atoms. The molecule has 1 aliphatic carbocycles. The number of rotatable bonds is 1. The van der Waals surface area contributed by atoms with Crippen LogP contribution in [0.2, 0.25) is 0 Å². The van der Waals surface area contributed by atoms with Crippen LogP contribution in [0.5, 0.6) is 0 Å². The van der Waals surface area contributed by atoms with Crippen molar-refractivity contribution in [3.8, 4) is 0 Å². The predicted molar refractivity (Wildman–Crippen MR) is 34.3 cm³/mol. The van der Waals surface area contributed by atoms with Crippen LogP contribution in [0.15, 0.2) is 0 Å². The fourth-order valence-electron chi connectivity index (χ4n) is 1.17. The number of hydrogen-bond donors (Lipinski definition) is 3. The minimum absolute atomic E-state index is 0.170. The van der Waals surface area contributed by atoms with Gasteiger partial charge in [0.15, 0.2) is 0 Å². The van der Waals surface area contributed by atoms with Crippen LogP contribution in [0.4, 0.5) is 0 Å². The molecule has 1 unspecified atom stereocenters. The van der Waals surface area contributed by atoms with Crippen molar-refractivity contribution >= 4 is 5.97 Å². The van der Waals surface area contributed by atoms with Crippen molar-refractivity contribution in [2.75, 3.05) is 0 Å². The Bertz CT molecular complexity index is 170. The minimum Gasteiger partial charge on any atom is -0.480 e. The maximum absolute atomic E-state index is 10.4. The van der Waals surface area contributed by atoms with E-state index < -0.39 is 17.6 Å². The Morgan fingerprint density at radius 3 is 2.40 bits per heavy atom. The SMILES string of the molecule is C[C@H]1[C@@H](O)CC1(N)C(=O)O. The second-order valence-electron chi connectivity index (χ2n) is 2.91. The molecule has 0 aromatic rings. The van der Waals surface area contributed by atoms with E-state index in [2.05, 4.69) is 0 Å². The lowest BCUT2D eigenvalue weighted by Crippen LogP contribution is -2.66. The molecule has 0 radical (unpaired) electrons. The summed E-state index contributed by atoms with van der Waals surface area (Å²) in [7, 11) is 0. The maximum atomic E-state index is 10.4. The first-order chi connectivity index (χ1) is 4.48.